The minimum absolute atomic E-state index is 0.0584. The van der Waals surface area contributed by atoms with E-state index in [1.54, 1.807) is 37.3 Å². The van der Waals surface area contributed by atoms with Gasteiger partial charge < -0.3 is 14.0 Å². The van der Waals surface area contributed by atoms with Crippen LogP contribution in [0.25, 0.3) is 0 Å². The molecule has 0 amide bonds. The Hall–Kier alpha value is -2.82. The van der Waals surface area contributed by atoms with Crippen LogP contribution in [0.15, 0.2) is 43.0 Å². The molecule has 0 aliphatic heterocycles. The van der Waals surface area contributed by atoms with E-state index in [1.165, 1.54) is 0 Å². The second-order valence-corrected chi connectivity index (χ2v) is 5.64. The molecular formula is C20H23NO4. The zero-order chi connectivity index (χ0) is 18.4. The molecule has 1 aromatic carbocycles. The summed E-state index contributed by atoms with van der Waals surface area (Å²) in [6.07, 6.45) is 1.80. The molecule has 0 spiro atoms. The maximum atomic E-state index is 12.4. The molecule has 0 saturated heterocycles. The molecule has 5 heteroatoms. The van der Waals surface area contributed by atoms with Crippen LogP contribution in [0.4, 0.5) is 0 Å². The number of carbonyl (C=O) groups excluding carboxylic acids is 2. The number of esters is 1. The van der Waals surface area contributed by atoms with E-state index in [9.17, 15) is 9.59 Å². The minimum Gasteiger partial charge on any atom is -0.485 e. The number of hydrogen-bond donors (Lipinski definition) is 0. The van der Waals surface area contributed by atoms with E-state index in [1.807, 2.05) is 24.5 Å². The summed E-state index contributed by atoms with van der Waals surface area (Å²) >= 11 is 0. The zero-order valence-corrected chi connectivity index (χ0v) is 14.9. The molecule has 0 bridgehead atoms. The van der Waals surface area contributed by atoms with Crippen molar-refractivity contribution >= 4 is 11.8 Å². The predicted molar refractivity (Wildman–Crippen MR) is 96.3 cm³/mol. The van der Waals surface area contributed by atoms with E-state index in [2.05, 4.69) is 6.58 Å². The van der Waals surface area contributed by atoms with Gasteiger partial charge in [-0.3, -0.25) is 4.79 Å². The van der Waals surface area contributed by atoms with E-state index in [4.69, 9.17) is 9.47 Å². The lowest BCUT2D eigenvalue weighted by atomic mass is 10.1. The summed E-state index contributed by atoms with van der Waals surface area (Å²) in [4.78, 5) is 24.0. The topological polar surface area (TPSA) is 57.5 Å². The van der Waals surface area contributed by atoms with E-state index in [0.717, 1.165) is 11.4 Å². The Labute approximate surface area is 147 Å². The number of rotatable bonds is 8. The lowest BCUT2D eigenvalue weighted by Gasteiger charge is -2.08. The van der Waals surface area contributed by atoms with Crippen LogP contribution < -0.4 is 4.74 Å². The number of aromatic nitrogens is 1. The van der Waals surface area contributed by atoms with Gasteiger partial charge in [0.25, 0.3) is 0 Å². The quantitative estimate of drug-likeness (QED) is 0.417. The molecule has 1 heterocycles. The fourth-order valence-electron chi connectivity index (χ4n) is 2.62. The van der Waals surface area contributed by atoms with Gasteiger partial charge in [-0.1, -0.05) is 6.08 Å². The maximum absolute atomic E-state index is 12.4. The lowest BCUT2D eigenvalue weighted by molar-refractivity contribution is 0.0526. The Balaban J connectivity index is 2.01. The Bertz CT molecular complexity index is 772. The summed E-state index contributed by atoms with van der Waals surface area (Å²) < 4.78 is 12.5. The Kier molecular flexibility index (Phi) is 6.17. The summed E-state index contributed by atoms with van der Waals surface area (Å²) in [5, 5.41) is 0. The van der Waals surface area contributed by atoms with Gasteiger partial charge >= 0.3 is 5.97 Å². The van der Waals surface area contributed by atoms with Gasteiger partial charge in [-0.2, -0.15) is 0 Å². The lowest BCUT2D eigenvalue weighted by Crippen LogP contribution is -2.13. The third kappa shape index (κ3) is 4.38. The molecule has 0 radical (unpaired) electrons. The molecule has 2 rings (SSSR count). The number of hydrogen-bond acceptors (Lipinski definition) is 4. The fraction of sp³-hybridized carbons (Fsp3) is 0.300. The fourth-order valence-corrected chi connectivity index (χ4v) is 2.62. The molecule has 1 aromatic heterocycles. The molecule has 0 saturated carbocycles. The monoisotopic (exact) mass is 341 g/mol. The van der Waals surface area contributed by atoms with Gasteiger partial charge in [-0.25, -0.2) is 4.79 Å². The summed E-state index contributed by atoms with van der Waals surface area (Å²) in [5.41, 5.74) is 3.03. The summed E-state index contributed by atoms with van der Waals surface area (Å²) in [5.74, 6) is 0.0685. The number of ketones is 1. The van der Waals surface area contributed by atoms with Gasteiger partial charge in [0.2, 0.25) is 5.78 Å². The standard InChI is InChI=1S/C20H23NO4/c1-5-11-21-14(3)12-18(15(21)4)19(22)13-25-17-9-7-16(8-10-17)20(23)24-6-2/h5,7-10,12H,1,6,11,13H2,2-4H3. The highest BCUT2D eigenvalue weighted by molar-refractivity contribution is 5.98. The predicted octanol–water partition coefficient (Wildman–Crippen LogP) is 3.73. The van der Waals surface area contributed by atoms with Gasteiger partial charge in [0.15, 0.2) is 6.61 Å². The first-order valence-corrected chi connectivity index (χ1v) is 8.18. The van der Waals surface area contributed by atoms with Gasteiger partial charge in [0, 0.05) is 23.5 Å². The van der Waals surface area contributed by atoms with Gasteiger partial charge in [-0.15, -0.1) is 6.58 Å². The second-order valence-electron chi connectivity index (χ2n) is 5.64. The number of aryl methyl sites for hydroxylation is 1. The van der Waals surface area contributed by atoms with Crippen LogP contribution in [-0.4, -0.2) is 29.5 Å². The molecule has 2 aromatic rings. The largest absolute Gasteiger partial charge is 0.485 e. The first kappa shape index (κ1) is 18.5. The van der Waals surface area contributed by atoms with Crippen LogP contribution in [0.1, 0.15) is 39.0 Å². The average molecular weight is 341 g/mol. The number of nitrogens with zero attached hydrogens (tertiary/aromatic N) is 1. The van der Waals surface area contributed by atoms with Crippen molar-refractivity contribution in [2.24, 2.45) is 0 Å². The van der Waals surface area contributed by atoms with Crippen molar-refractivity contribution in [2.45, 2.75) is 27.3 Å². The molecule has 0 N–H and O–H groups in total. The number of benzene rings is 1. The van der Waals surface area contributed by atoms with Crippen LogP contribution in [0.3, 0.4) is 0 Å². The van der Waals surface area contributed by atoms with E-state index in [0.29, 0.717) is 30.0 Å². The first-order valence-electron chi connectivity index (χ1n) is 8.18. The summed E-state index contributed by atoms with van der Waals surface area (Å²) in [7, 11) is 0. The van der Waals surface area contributed by atoms with Crippen molar-refractivity contribution in [3.63, 3.8) is 0 Å². The average Bonchev–Trinajstić information content (AvgIpc) is 2.89. The van der Waals surface area contributed by atoms with Crippen molar-refractivity contribution in [2.75, 3.05) is 13.2 Å². The molecule has 25 heavy (non-hydrogen) atoms. The molecule has 5 nitrogen and oxygen atoms in total. The number of ether oxygens (including phenoxy) is 2. The highest BCUT2D eigenvalue weighted by Gasteiger charge is 2.16. The van der Waals surface area contributed by atoms with Gasteiger partial charge in [0.05, 0.1) is 12.2 Å². The van der Waals surface area contributed by atoms with Gasteiger partial charge in [-0.05, 0) is 51.1 Å². The molecule has 0 fully saturated rings. The zero-order valence-electron chi connectivity index (χ0n) is 14.9. The highest BCUT2D eigenvalue weighted by atomic mass is 16.5. The number of Topliss-reactive ketones (excluding diaryl/α,β-unsaturated/α-hetero) is 1. The normalized spacial score (nSPS) is 10.4. The summed E-state index contributed by atoms with van der Waals surface area (Å²) in [6.45, 7) is 10.3. The number of carbonyl (C=O) groups is 2. The van der Waals surface area contributed by atoms with Crippen molar-refractivity contribution in [3.8, 4) is 5.75 Å². The third-order valence-corrected chi connectivity index (χ3v) is 3.92. The summed E-state index contributed by atoms with van der Waals surface area (Å²) in [6, 6.07) is 8.41. The van der Waals surface area contributed by atoms with E-state index >= 15 is 0 Å². The van der Waals surface area contributed by atoms with Crippen LogP contribution in [-0.2, 0) is 11.3 Å². The van der Waals surface area contributed by atoms with Crippen LogP contribution in [0.5, 0.6) is 5.75 Å². The Morgan fingerprint density at radius 2 is 1.88 bits per heavy atom. The number of allylic oxidation sites excluding steroid dienone is 1. The SMILES string of the molecule is C=CCn1c(C)cc(C(=O)COc2ccc(C(=O)OCC)cc2)c1C. The Morgan fingerprint density at radius 3 is 2.48 bits per heavy atom. The van der Waals surface area contributed by atoms with Crippen molar-refractivity contribution in [1.29, 1.82) is 0 Å². The van der Waals surface area contributed by atoms with Crippen LogP contribution in [0.2, 0.25) is 0 Å². The van der Waals surface area contributed by atoms with Crippen molar-refractivity contribution in [1.82, 2.24) is 4.57 Å². The molecule has 0 aliphatic rings. The van der Waals surface area contributed by atoms with Crippen molar-refractivity contribution in [3.05, 3.63) is 65.5 Å². The van der Waals surface area contributed by atoms with Crippen LogP contribution in [0, 0.1) is 13.8 Å². The van der Waals surface area contributed by atoms with E-state index < -0.39 is 0 Å². The maximum Gasteiger partial charge on any atom is 0.338 e. The second kappa shape index (κ2) is 8.33. The molecule has 0 unspecified atom stereocenters. The molecule has 132 valence electrons. The first-order chi connectivity index (χ1) is 12.0. The molecule has 0 aliphatic carbocycles. The van der Waals surface area contributed by atoms with Gasteiger partial charge in [0.1, 0.15) is 5.75 Å². The van der Waals surface area contributed by atoms with E-state index in [-0.39, 0.29) is 18.4 Å². The molecular weight excluding hydrogens is 318 g/mol. The van der Waals surface area contributed by atoms with Crippen molar-refractivity contribution < 1.29 is 19.1 Å². The highest BCUT2D eigenvalue weighted by Crippen LogP contribution is 2.18. The Morgan fingerprint density at radius 1 is 1.20 bits per heavy atom. The third-order valence-electron chi connectivity index (χ3n) is 3.92. The van der Waals surface area contributed by atoms with Crippen LogP contribution >= 0.6 is 0 Å². The minimum atomic E-state index is -0.375. The molecule has 0 atom stereocenters. The smallest absolute Gasteiger partial charge is 0.338 e.